The fraction of sp³-hybridized carbons (Fsp3) is 0.889. The van der Waals surface area contributed by atoms with E-state index in [4.69, 9.17) is 9.47 Å². The molecule has 0 bridgehead atoms. The van der Waals surface area contributed by atoms with E-state index in [1.807, 2.05) is 0 Å². The summed E-state index contributed by atoms with van der Waals surface area (Å²) in [6.45, 7) is 2.24. The van der Waals surface area contributed by atoms with Crippen LogP contribution in [0, 0.1) is 0 Å². The fourth-order valence-electron chi connectivity index (χ4n) is 1.18. The standard InChI is InChI=1S/C9H16INO3/c10-3-1-2-4-11-9(12)8-7-13-5-6-14-8/h8H,1-7H2,(H,11,12). The molecule has 82 valence electrons. The number of halogens is 1. The molecule has 1 fully saturated rings. The highest BCUT2D eigenvalue weighted by Gasteiger charge is 2.21. The van der Waals surface area contributed by atoms with Crippen molar-refractivity contribution in [2.45, 2.75) is 18.9 Å². The molecule has 1 unspecified atom stereocenters. The van der Waals surface area contributed by atoms with Gasteiger partial charge < -0.3 is 14.8 Å². The fourth-order valence-corrected chi connectivity index (χ4v) is 1.72. The lowest BCUT2D eigenvalue weighted by atomic mass is 10.3. The van der Waals surface area contributed by atoms with Crippen LogP contribution in [0.5, 0.6) is 0 Å². The summed E-state index contributed by atoms with van der Waals surface area (Å²) >= 11 is 2.33. The second-order valence-electron chi connectivity index (χ2n) is 3.12. The number of hydrogen-bond acceptors (Lipinski definition) is 3. The zero-order valence-corrected chi connectivity index (χ0v) is 10.3. The summed E-state index contributed by atoms with van der Waals surface area (Å²) in [6, 6.07) is 0. The molecule has 0 aromatic rings. The maximum atomic E-state index is 11.4. The molecule has 1 aliphatic rings. The summed E-state index contributed by atoms with van der Waals surface area (Å²) in [6.07, 6.45) is 1.77. The lowest BCUT2D eigenvalue weighted by Gasteiger charge is -2.21. The zero-order valence-electron chi connectivity index (χ0n) is 8.13. The van der Waals surface area contributed by atoms with E-state index < -0.39 is 6.10 Å². The van der Waals surface area contributed by atoms with Crippen LogP contribution in [0.1, 0.15) is 12.8 Å². The van der Waals surface area contributed by atoms with E-state index in [9.17, 15) is 4.79 Å². The summed E-state index contributed by atoms with van der Waals surface area (Å²) in [5.41, 5.74) is 0. The Morgan fingerprint density at radius 3 is 2.93 bits per heavy atom. The van der Waals surface area contributed by atoms with Crippen molar-refractivity contribution in [3.05, 3.63) is 0 Å². The van der Waals surface area contributed by atoms with E-state index in [0.29, 0.717) is 19.8 Å². The van der Waals surface area contributed by atoms with E-state index in [-0.39, 0.29) is 5.91 Å². The van der Waals surface area contributed by atoms with Crippen molar-refractivity contribution in [1.82, 2.24) is 5.32 Å². The third-order valence-electron chi connectivity index (χ3n) is 1.97. The molecular formula is C9H16INO3. The number of alkyl halides is 1. The third kappa shape index (κ3) is 4.56. The molecule has 1 saturated heterocycles. The highest BCUT2D eigenvalue weighted by Crippen LogP contribution is 2.00. The minimum atomic E-state index is -0.400. The van der Waals surface area contributed by atoms with Crippen molar-refractivity contribution < 1.29 is 14.3 Å². The van der Waals surface area contributed by atoms with E-state index in [1.165, 1.54) is 0 Å². The van der Waals surface area contributed by atoms with Crippen LogP contribution in [0.2, 0.25) is 0 Å². The first-order chi connectivity index (χ1) is 6.84. The van der Waals surface area contributed by atoms with Gasteiger partial charge in [-0.25, -0.2) is 0 Å². The molecule has 0 aromatic heterocycles. The van der Waals surface area contributed by atoms with Gasteiger partial charge in [-0.15, -0.1) is 0 Å². The van der Waals surface area contributed by atoms with Crippen molar-refractivity contribution in [2.24, 2.45) is 0 Å². The number of unbranched alkanes of at least 4 members (excludes halogenated alkanes) is 1. The molecule has 14 heavy (non-hydrogen) atoms. The highest BCUT2D eigenvalue weighted by molar-refractivity contribution is 14.1. The van der Waals surface area contributed by atoms with Crippen molar-refractivity contribution in [3.8, 4) is 0 Å². The van der Waals surface area contributed by atoms with Crippen molar-refractivity contribution in [1.29, 1.82) is 0 Å². The number of amides is 1. The van der Waals surface area contributed by atoms with Crippen molar-refractivity contribution >= 4 is 28.5 Å². The number of ether oxygens (including phenoxy) is 2. The Bertz CT molecular complexity index is 171. The minimum absolute atomic E-state index is 0.0434. The van der Waals surface area contributed by atoms with Gasteiger partial charge in [0.15, 0.2) is 6.10 Å². The molecule has 1 N–H and O–H groups in total. The predicted octanol–water partition coefficient (Wildman–Crippen LogP) is 0.733. The monoisotopic (exact) mass is 313 g/mol. The minimum Gasteiger partial charge on any atom is -0.376 e. The summed E-state index contributed by atoms with van der Waals surface area (Å²) < 4.78 is 11.5. The maximum Gasteiger partial charge on any atom is 0.251 e. The number of carbonyl (C=O) groups is 1. The Hall–Kier alpha value is 0.120. The summed E-state index contributed by atoms with van der Waals surface area (Å²) in [5, 5.41) is 2.84. The molecule has 5 heteroatoms. The Kier molecular flexibility index (Phi) is 6.46. The molecule has 4 nitrogen and oxygen atoms in total. The van der Waals surface area contributed by atoms with Crippen LogP contribution in [0.3, 0.4) is 0 Å². The molecule has 1 rings (SSSR count). The second kappa shape index (κ2) is 7.42. The second-order valence-corrected chi connectivity index (χ2v) is 4.20. The molecule has 1 amide bonds. The van der Waals surface area contributed by atoms with Crippen molar-refractivity contribution in [3.63, 3.8) is 0 Å². The first kappa shape index (κ1) is 12.2. The molecule has 0 spiro atoms. The molecule has 0 saturated carbocycles. The highest BCUT2D eigenvalue weighted by atomic mass is 127. The topological polar surface area (TPSA) is 47.6 Å². The SMILES string of the molecule is O=C(NCCCCI)C1COCCO1. The lowest BCUT2D eigenvalue weighted by molar-refractivity contribution is -0.147. The van der Waals surface area contributed by atoms with Crippen LogP contribution in [0.25, 0.3) is 0 Å². The quantitative estimate of drug-likeness (QED) is 0.462. The first-order valence-electron chi connectivity index (χ1n) is 4.87. The molecule has 0 aromatic carbocycles. The average molecular weight is 313 g/mol. The number of nitrogens with one attached hydrogen (secondary N) is 1. The largest absolute Gasteiger partial charge is 0.376 e. The molecular weight excluding hydrogens is 297 g/mol. The van der Waals surface area contributed by atoms with Gasteiger partial charge >= 0.3 is 0 Å². The molecule has 1 heterocycles. The van der Waals surface area contributed by atoms with Gasteiger partial charge in [-0.3, -0.25) is 4.79 Å². The van der Waals surface area contributed by atoms with Crippen LogP contribution < -0.4 is 5.32 Å². The number of carbonyl (C=O) groups excluding carboxylic acids is 1. The maximum absolute atomic E-state index is 11.4. The van der Waals surface area contributed by atoms with Gasteiger partial charge in [0.2, 0.25) is 0 Å². The van der Waals surface area contributed by atoms with Gasteiger partial charge in [0.1, 0.15) is 0 Å². The predicted molar refractivity (Wildman–Crippen MR) is 61.7 cm³/mol. The van der Waals surface area contributed by atoms with Crippen LogP contribution in [0.4, 0.5) is 0 Å². The van der Waals surface area contributed by atoms with E-state index in [0.717, 1.165) is 23.8 Å². The third-order valence-corrected chi connectivity index (χ3v) is 2.73. The Morgan fingerprint density at radius 1 is 1.43 bits per heavy atom. The smallest absolute Gasteiger partial charge is 0.251 e. The lowest BCUT2D eigenvalue weighted by Crippen LogP contribution is -2.43. The summed E-state index contributed by atoms with van der Waals surface area (Å²) in [7, 11) is 0. The molecule has 1 aliphatic heterocycles. The summed E-state index contributed by atoms with van der Waals surface area (Å²) in [4.78, 5) is 11.4. The Labute approximate surface area is 97.9 Å². The van der Waals surface area contributed by atoms with Gasteiger partial charge in [-0.05, 0) is 17.3 Å². The van der Waals surface area contributed by atoms with Crippen LogP contribution >= 0.6 is 22.6 Å². The van der Waals surface area contributed by atoms with Crippen LogP contribution in [-0.2, 0) is 14.3 Å². The molecule has 0 aliphatic carbocycles. The van der Waals surface area contributed by atoms with Gasteiger partial charge in [0.05, 0.1) is 19.8 Å². The van der Waals surface area contributed by atoms with Crippen LogP contribution in [-0.4, -0.2) is 42.8 Å². The zero-order chi connectivity index (χ0) is 10.2. The number of hydrogen-bond donors (Lipinski definition) is 1. The van der Waals surface area contributed by atoms with Gasteiger partial charge in [0, 0.05) is 6.54 Å². The van der Waals surface area contributed by atoms with Gasteiger partial charge in [-0.2, -0.15) is 0 Å². The van der Waals surface area contributed by atoms with E-state index in [1.54, 1.807) is 0 Å². The normalized spacial score (nSPS) is 21.9. The van der Waals surface area contributed by atoms with E-state index >= 15 is 0 Å². The summed E-state index contributed by atoms with van der Waals surface area (Å²) in [5.74, 6) is -0.0434. The number of rotatable bonds is 5. The molecule has 1 atom stereocenters. The van der Waals surface area contributed by atoms with E-state index in [2.05, 4.69) is 27.9 Å². The molecule has 0 radical (unpaired) electrons. The first-order valence-corrected chi connectivity index (χ1v) is 6.40. The van der Waals surface area contributed by atoms with Crippen LogP contribution in [0.15, 0.2) is 0 Å². The average Bonchev–Trinajstić information content (AvgIpc) is 2.25. The Balaban J connectivity index is 2.07. The van der Waals surface area contributed by atoms with Gasteiger partial charge in [0.25, 0.3) is 5.91 Å². The Morgan fingerprint density at radius 2 is 2.29 bits per heavy atom. The van der Waals surface area contributed by atoms with Gasteiger partial charge in [-0.1, -0.05) is 22.6 Å². The van der Waals surface area contributed by atoms with Crippen molar-refractivity contribution in [2.75, 3.05) is 30.8 Å².